The van der Waals surface area contributed by atoms with Crippen LogP contribution in [0.25, 0.3) is 0 Å². The van der Waals surface area contributed by atoms with Crippen LogP contribution in [0.2, 0.25) is 0 Å². The number of hydrogen-bond acceptors (Lipinski definition) is 4. The number of ketones is 1. The lowest BCUT2D eigenvalue weighted by molar-refractivity contribution is -0.143. The summed E-state index contributed by atoms with van der Waals surface area (Å²) in [5, 5.41) is 2.60. The number of amides is 1. The zero-order valence-electron chi connectivity index (χ0n) is 10.5. The average molecular weight is 249 g/mol. The van der Waals surface area contributed by atoms with E-state index in [1.807, 2.05) is 0 Å². The van der Waals surface area contributed by atoms with E-state index in [0.717, 1.165) is 0 Å². The number of carbonyl (C=O) groups excluding carboxylic acids is 3. The topological polar surface area (TPSA) is 72.5 Å². The first-order chi connectivity index (χ1) is 8.40. The van der Waals surface area contributed by atoms with Crippen molar-refractivity contribution >= 4 is 23.3 Å². The molecule has 1 rings (SSSR count). The normalized spacial score (nSPS) is 11.5. The van der Waals surface area contributed by atoms with Gasteiger partial charge in [-0.1, -0.05) is 0 Å². The van der Waals surface area contributed by atoms with Crippen LogP contribution in [0.3, 0.4) is 0 Å². The van der Waals surface area contributed by atoms with Crippen LogP contribution >= 0.6 is 0 Å². The summed E-state index contributed by atoms with van der Waals surface area (Å²) in [6.07, 6.45) is -0.811. The van der Waals surface area contributed by atoms with Crippen molar-refractivity contribution in [1.82, 2.24) is 0 Å². The summed E-state index contributed by atoms with van der Waals surface area (Å²) in [4.78, 5) is 33.4. The molecular weight excluding hydrogens is 234 g/mol. The Morgan fingerprint density at radius 1 is 1.11 bits per heavy atom. The molecule has 1 aromatic carbocycles. The third kappa shape index (κ3) is 4.01. The van der Waals surface area contributed by atoms with Crippen LogP contribution in [0, 0.1) is 0 Å². The van der Waals surface area contributed by atoms with Gasteiger partial charge in [0.1, 0.15) is 0 Å². The van der Waals surface area contributed by atoms with Gasteiger partial charge in [-0.3, -0.25) is 14.4 Å². The predicted molar refractivity (Wildman–Crippen MR) is 66.3 cm³/mol. The first-order valence-electron chi connectivity index (χ1n) is 5.49. The molecule has 96 valence electrons. The summed E-state index contributed by atoms with van der Waals surface area (Å²) in [6, 6.07) is 6.39. The summed E-state index contributed by atoms with van der Waals surface area (Å²) >= 11 is 0. The summed E-state index contributed by atoms with van der Waals surface area (Å²) in [6.45, 7) is 4.18. The Morgan fingerprint density at radius 3 is 2.11 bits per heavy atom. The van der Waals surface area contributed by atoms with E-state index in [0.29, 0.717) is 11.3 Å². The highest BCUT2D eigenvalue weighted by Gasteiger charge is 2.17. The van der Waals surface area contributed by atoms with Crippen molar-refractivity contribution in [2.45, 2.75) is 26.9 Å². The molecule has 0 aliphatic rings. The van der Waals surface area contributed by atoms with E-state index in [1.165, 1.54) is 20.8 Å². The fourth-order valence-electron chi connectivity index (χ4n) is 1.46. The molecule has 5 heteroatoms. The molecule has 0 saturated heterocycles. The maximum Gasteiger partial charge on any atom is 0.303 e. The molecule has 0 spiro atoms. The van der Waals surface area contributed by atoms with Crippen molar-refractivity contribution < 1.29 is 19.1 Å². The highest BCUT2D eigenvalue weighted by Crippen LogP contribution is 2.12. The minimum atomic E-state index is -0.811. The molecule has 0 aromatic heterocycles. The number of carbonyl (C=O) groups is 3. The summed E-state index contributed by atoms with van der Waals surface area (Å²) in [5.41, 5.74) is 1.04. The molecule has 0 aliphatic heterocycles. The van der Waals surface area contributed by atoms with Gasteiger partial charge in [-0.15, -0.1) is 0 Å². The number of anilines is 1. The summed E-state index contributed by atoms with van der Waals surface area (Å²) < 4.78 is 4.80. The lowest BCUT2D eigenvalue weighted by Gasteiger charge is -2.11. The Balaban J connectivity index is 2.75. The van der Waals surface area contributed by atoms with Gasteiger partial charge in [0.25, 0.3) is 0 Å². The highest BCUT2D eigenvalue weighted by molar-refractivity contribution is 6.00. The zero-order valence-corrected chi connectivity index (χ0v) is 10.5. The minimum Gasteiger partial charge on any atom is -0.454 e. The number of ether oxygens (including phenoxy) is 1. The van der Waals surface area contributed by atoms with Crippen LogP contribution in [0.1, 0.15) is 31.1 Å². The van der Waals surface area contributed by atoms with E-state index < -0.39 is 12.1 Å². The van der Waals surface area contributed by atoms with Crippen LogP contribution in [0.4, 0.5) is 5.69 Å². The first-order valence-corrected chi connectivity index (χ1v) is 5.49. The van der Waals surface area contributed by atoms with Gasteiger partial charge in [-0.05, 0) is 31.2 Å². The van der Waals surface area contributed by atoms with Crippen LogP contribution in [0.15, 0.2) is 24.3 Å². The number of hydrogen-bond donors (Lipinski definition) is 1. The number of rotatable bonds is 4. The molecule has 18 heavy (non-hydrogen) atoms. The zero-order chi connectivity index (χ0) is 13.7. The Hall–Kier alpha value is -2.17. The van der Waals surface area contributed by atoms with Gasteiger partial charge in [0.2, 0.25) is 11.7 Å². The van der Waals surface area contributed by atoms with E-state index in [2.05, 4.69) is 5.32 Å². The van der Waals surface area contributed by atoms with Crippen LogP contribution < -0.4 is 5.32 Å². The Kier molecular flexibility index (Phi) is 4.59. The first kappa shape index (κ1) is 13.9. The molecule has 0 heterocycles. The van der Waals surface area contributed by atoms with E-state index in [9.17, 15) is 14.4 Å². The van der Waals surface area contributed by atoms with Crippen molar-refractivity contribution in [3.05, 3.63) is 29.8 Å². The van der Waals surface area contributed by atoms with Crippen molar-refractivity contribution in [2.24, 2.45) is 0 Å². The van der Waals surface area contributed by atoms with Crippen molar-refractivity contribution in [3.63, 3.8) is 0 Å². The standard InChI is InChI=1S/C13H15NO4/c1-8(18-10(3)16)13(17)11-4-6-12(7-5-11)14-9(2)15/h4-8H,1-3H3,(H,14,15)/t8-/m0/s1. The Bertz CT molecular complexity index is 464. The number of nitrogens with one attached hydrogen (secondary N) is 1. The van der Waals surface area contributed by atoms with E-state index >= 15 is 0 Å². The molecule has 1 amide bonds. The molecule has 0 saturated carbocycles. The Labute approximate surface area is 105 Å². The molecule has 0 aliphatic carbocycles. The molecule has 0 bridgehead atoms. The summed E-state index contributed by atoms with van der Waals surface area (Å²) in [5.74, 6) is -0.951. The second kappa shape index (κ2) is 5.95. The lowest BCUT2D eigenvalue weighted by Crippen LogP contribution is -2.23. The highest BCUT2D eigenvalue weighted by atomic mass is 16.5. The largest absolute Gasteiger partial charge is 0.454 e. The summed E-state index contributed by atoms with van der Waals surface area (Å²) in [7, 11) is 0. The number of esters is 1. The lowest BCUT2D eigenvalue weighted by atomic mass is 10.1. The molecule has 0 radical (unpaired) electrons. The van der Waals surface area contributed by atoms with E-state index in [4.69, 9.17) is 4.74 Å². The van der Waals surface area contributed by atoms with E-state index in [1.54, 1.807) is 24.3 Å². The second-order valence-corrected chi connectivity index (χ2v) is 3.87. The Morgan fingerprint density at radius 2 is 1.67 bits per heavy atom. The smallest absolute Gasteiger partial charge is 0.303 e. The van der Waals surface area contributed by atoms with Gasteiger partial charge in [0, 0.05) is 25.1 Å². The molecule has 1 atom stereocenters. The van der Waals surface area contributed by atoms with E-state index in [-0.39, 0.29) is 11.7 Å². The number of benzene rings is 1. The van der Waals surface area contributed by atoms with Gasteiger partial charge in [0.15, 0.2) is 6.10 Å². The van der Waals surface area contributed by atoms with Gasteiger partial charge in [0.05, 0.1) is 0 Å². The third-order valence-electron chi connectivity index (χ3n) is 2.20. The minimum absolute atomic E-state index is 0.178. The molecule has 0 fully saturated rings. The van der Waals surface area contributed by atoms with Crippen molar-refractivity contribution in [1.29, 1.82) is 0 Å². The predicted octanol–water partition coefficient (Wildman–Crippen LogP) is 1.78. The quantitative estimate of drug-likeness (QED) is 0.652. The fraction of sp³-hybridized carbons (Fsp3) is 0.308. The molecule has 1 N–H and O–H groups in total. The van der Waals surface area contributed by atoms with Gasteiger partial charge >= 0.3 is 5.97 Å². The maximum absolute atomic E-state index is 11.8. The maximum atomic E-state index is 11.8. The molecular formula is C13H15NO4. The molecule has 1 aromatic rings. The monoisotopic (exact) mass is 249 g/mol. The average Bonchev–Trinajstić information content (AvgIpc) is 2.27. The third-order valence-corrected chi connectivity index (χ3v) is 2.20. The van der Waals surface area contributed by atoms with Crippen LogP contribution in [0.5, 0.6) is 0 Å². The molecule has 0 unspecified atom stereocenters. The van der Waals surface area contributed by atoms with Crippen LogP contribution in [-0.2, 0) is 14.3 Å². The van der Waals surface area contributed by atoms with Crippen molar-refractivity contribution in [2.75, 3.05) is 5.32 Å². The number of Topliss-reactive ketones (excluding diaryl/α,β-unsaturated/α-hetero) is 1. The van der Waals surface area contributed by atoms with Crippen LogP contribution in [-0.4, -0.2) is 23.8 Å². The van der Waals surface area contributed by atoms with Gasteiger partial charge in [-0.2, -0.15) is 0 Å². The van der Waals surface area contributed by atoms with Crippen molar-refractivity contribution in [3.8, 4) is 0 Å². The van der Waals surface area contributed by atoms with Gasteiger partial charge in [-0.25, -0.2) is 0 Å². The molecule has 5 nitrogen and oxygen atoms in total. The fourth-order valence-corrected chi connectivity index (χ4v) is 1.46. The SMILES string of the molecule is CC(=O)Nc1ccc(C(=O)[C@H](C)OC(C)=O)cc1. The van der Waals surface area contributed by atoms with Gasteiger partial charge < -0.3 is 10.1 Å². The second-order valence-electron chi connectivity index (χ2n) is 3.87.